The van der Waals surface area contributed by atoms with Crippen LogP contribution in [0.5, 0.6) is 11.5 Å². The first-order chi connectivity index (χ1) is 14.5. The van der Waals surface area contributed by atoms with Gasteiger partial charge >= 0.3 is 0 Å². The highest BCUT2D eigenvalue weighted by atomic mass is 16.5. The largest absolute Gasteiger partial charge is 0.497 e. The Labute approximate surface area is 177 Å². The molecule has 6 heteroatoms. The molecule has 0 fully saturated rings. The van der Waals surface area contributed by atoms with Gasteiger partial charge in [-0.3, -0.25) is 4.79 Å². The van der Waals surface area contributed by atoms with Gasteiger partial charge in [-0.05, 0) is 67.3 Å². The summed E-state index contributed by atoms with van der Waals surface area (Å²) >= 11 is 0. The summed E-state index contributed by atoms with van der Waals surface area (Å²) < 4.78 is 10.8. The Morgan fingerprint density at radius 2 is 1.83 bits per heavy atom. The van der Waals surface area contributed by atoms with E-state index in [1.165, 1.54) is 5.56 Å². The van der Waals surface area contributed by atoms with Crippen LogP contribution in [0.1, 0.15) is 16.7 Å². The number of aromatic nitrogens is 1. The molecule has 1 aromatic heterocycles. The average molecular weight is 405 g/mol. The van der Waals surface area contributed by atoms with E-state index in [9.17, 15) is 4.79 Å². The number of pyridine rings is 1. The number of aryl methyl sites for hydroxylation is 2. The second-order valence-corrected chi connectivity index (χ2v) is 7.06. The van der Waals surface area contributed by atoms with E-state index in [0.717, 1.165) is 41.4 Å². The lowest BCUT2D eigenvalue weighted by molar-refractivity contribution is -0.118. The Kier molecular flexibility index (Phi) is 7.27. The second-order valence-electron chi connectivity index (χ2n) is 7.06. The summed E-state index contributed by atoms with van der Waals surface area (Å²) in [6.45, 7) is 4.66. The molecule has 0 bridgehead atoms. The van der Waals surface area contributed by atoms with Crippen LogP contribution in [0.3, 0.4) is 0 Å². The quantitative estimate of drug-likeness (QED) is 0.553. The van der Waals surface area contributed by atoms with Crippen molar-refractivity contribution in [1.82, 2.24) is 4.98 Å². The molecule has 2 aromatic carbocycles. The topological polar surface area (TPSA) is 72.5 Å². The first-order valence-corrected chi connectivity index (χ1v) is 9.86. The normalized spacial score (nSPS) is 10.4. The van der Waals surface area contributed by atoms with E-state index in [2.05, 4.69) is 15.6 Å². The molecular weight excluding hydrogens is 378 g/mol. The Hall–Kier alpha value is -3.54. The van der Waals surface area contributed by atoms with Crippen LogP contribution in [0.4, 0.5) is 11.5 Å². The molecule has 0 unspecified atom stereocenters. The number of hydrogen-bond donors (Lipinski definition) is 2. The number of hydrogen-bond acceptors (Lipinski definition) is 5. The van der Waals surface area contributed by atoms with Crippen molar-refractivity contribution in [2.75, 3.05) is 30.9 Å². The Morgan fingerprint density at radius 3 is 2.53 bits per heavy atom. The molecule has 0 atom stereocenters. The fourth-order valence-corrected chi connectivity index (χ4v) is 2.90. The predicted octanol–water partition coefficient (Wildman–Crippen LogP) is 4.38. The number of anilines is 2. The van der Waals surface area contributed by atoms with E-state index in [0.29, 0.717) is 5.69 Å². The molecule has 1 amide bonds. The first kappa shape index (κ1) is 21.2. The van der Waals surface area contributed by atoms with E-state index in [1.54, 1.807) is 13.3 Å². The van der Waals surface area contributed by atoms with Crippen LogP contribution in [0.25, 0.3) is 0 Å². The maximum absolute atomic E-state index is 12.2. The van der Waals surface area contributed by atoms with Crippen LogP contribution < -0.4 is 20.1 Å². The summed E-state index contributed by atoms with van der Waals surface area (Å²) in [6.07, 6.45) is 2.51. The molecule has 3 rings (SSSR count). The van der Waals surface area contributed by atoms with Gasteiger partial charge in [0.2, 0.25) is 0 Å². The summed E-state index contributed by atoms with van der Waals surface area (Å²) in [7, 11) is 1.66. The van der Waals surface area contributed by atoms with Gasteiger partial charge in [-0.15, -0.1) is 0 Å². The fourth-order valence-electron chi connectivity index (χ4n) is 2.90. The summed E-state index contributed by atoms with van der Waals surface area (Å²) in [5, 5.41) is 6.08. The van der Waals surface area contributed by atoms with Crippen LogP contribution in [-0.2, 0) is 11.2 Å². The molecule has 156 valence electrons. The zero-order valence-electron chi connectivity index (χ0n) is 17.6. The Bertz CT molecular complexity index is 970. The first-order valence-electron chi connectivity index (χ1n) is 9.86. The smallest absolute Gasteiger partial charge is 0.262 e. The number of carbonyl (C=O) groups is 1. The fraction of sp³-hybridized carbons (Fsp3) is 0.250. The third-order valence-electron chi connectivity index (χ3n) is 4.63. The van der Waals surface area contributed by atoms with Gasteiger partial charge in [-0.2, -0.15) is 0 Å². The lowest BCUT2D eigenvalue weighted by Gasteiger charge is -2.11. The highest BCUT2D eigenvalue weighted by molar-refractivity contribution is 5.91. The zero-order chi connectivity index (χ0) is 21.3. The third-order valence-corrected chi connectivity index (χ3v) is 4.63. The van der Waals surface area contributed by atoms with E-state index < -0.39 is 0 Å². The minimum atomic E-state index is -0.224. The summed E-state index contributed by atoms with van der Waals surface area (Å²) in [4.78, 5) is 16.5. The minimum absolute atomic E-state index is 0.0494. The molecular formula is C24H27N3O3. The van der Waals surface area contributed by atoms with E-state index in [1.807, 2.05) is 68.4 Å². The average Bonchev–Trinajstić information content (AvgIpc) is 2.76. The molecule has 0 saturated heterocycles. The van der Waals surface area contributed by atoms with E-state index in [4.69, 9.17) is 9.47 Å². The second kappa shape index (κ2) is 10.3. The van der Waals surface area contributed by atoms with Gasteiger partial charge in [-0.25, -0.2) is 4.98 Å². The number of amides is 1. The number of benzene rings is 2. The summed E-state index contributed by atoms with van der Waals surface area (Å²) in [5.74, 6) is 2.11. The van der Waals surface area contributed by atoms with Crippen molar-refractivity contribution in [1.29, 1.82) is 0 Å². The van der Waals surface area contributed by atoms with Crippen LogP contribution in [0.2, 0.25) is 0 Å². The molecule has 0 spiro atoms. The molecule has 1 heterocycles. The van der Waals surface area contributed by atoms with Gasteiger partial charge in [0, 0.05) is 6.54 Å². The lowest BCUT2D eigenvalue weighted by atomic mass is 10.1. The predicted molar refractivity (Wildman–Crippen MR) is 119 cm³/mol. The van der Waals surface area contributed by atoms with Gasteiger partial charge in [0.15, 0.2) is 6.61 Å². The number of rotatable bonds is 9. The third kappa shape index (κ3) is 6.24. The molecule has 2 N–H and O–H groups in total. The summed E-state index contributed by atoms with van der Waals surface area (Å²) in [5.41, 5.74) is 3.94. The highest BCUT2D eigenvalue weighted by Gasteiger charge is 2.06. The van der Waals surface area contributed by atoms with Crippen LogP contribution in [-0.4, -0.2) is 31.2 Å². The minimum Gasteiger partial charge on any atom is -0.497 e. The molecule has 30 heavy (non-hydrogen) atoms. The molecule has 0 aliphatic carbocycles. The maximum Gasteiger partial charge on any atom is 0.262 e. The van der Waals surface area contributed by atoms with E-state index >= 15 is 0 Å². The Balaban J connectivity index is 1.43. The van der Waals surface area contributed by atoms with Gasteiger partial charge in [-0.1, -0.05) is 24.3 Å². The Morgan fingerprint density at radius 1 is 1.03 bits per heavy atom. The lowest BCUT2D eigenvalue weighted by Crippen LogP contribution is -2.20. The number of carbonyl (C=O) groups excluding carboxylic acids is 1. The SMILES string of the molecule is COc1ccc(CCNc2ccc(NC(=O)COc3cc(C)ccc3C)cn2)cc1. The number of methoxy groups -OCH3 is 1. The number of nitrogens with one attached hydrogen (secondary N) is 2. The van der Waals surface area contributed by atoms with Gasteiger partial charge < -0.3 is 20.1 Å². The highest BCUT2D eigenvalue weighted by Crippen LogP contribution is 2.19. The summed E-state index contributed by atoms with van der Waals surface area (Å²) in [6, 6.07) is 17.6. The molecule has 0 radical (unpaired) electrons. The number of nitrogens with zero attached hydrogens (tertiary/aromatic N) is 1. The van der Waals surface area contributed by atoms with Crippen LogP contribution >= 0.6 is 0 Å². The van der Waals surface area contributed by atoms with Crippen molar-refractivity contribution in [3.63, 3.8) is 0 Å². The van der Waals surface area contributed by atoms with Crippen molar-refractivity contribution < 1.29 is 14.3 Å². The standard InChI is InChI=1S/C24H27N3O3/c1-17-4-5-18(2)22(14-17)30-16-24(28)27-20-8-11-23(26-15-20)25-13-12-19-6-9-21(29-3)10-7-19/h4-11,14-15H,12-13,16H2,1-3H3,(H,25,26)(H,27,28). The van der Waals surface area contributed by atoms with Crippen molar-refractivity contribution in [2.24, 2.45) is 0 Å². The van der Waals surface area contributed by atoms with Crippen LogP contribution in [0.15, 0.2) is 60.8 Å². The van der Waals surface area contributed by atoms with Crippen LogP contribution in [0, 0.1) is 13.8 Å². The van der Waals surface area contributed by atoms with Crippen molar-refractivity contribution in [3.8, 4) is 11.5 Å². The van der Waals surface area contributed by atoms with E-state index in [-0.39, 0.29) is 12.5 Å². The van der Waals surface area contributed by atoms with Gasteiger partial charge in [0.05, 0.1) is 19.0 Å². The van der Waals surface area contributed by atoms with Crippen molar-refractivity contribution >= 4 is 17.4 Å². The monoisotopic (exact) mass is 405 g/mol. The molecule has 0 aliphatic heterocycles. The van der Waals surface area contributed by atoms with Gasteiger partial charge in [0.1, 0.15) is 17.3 Å². The van der Waals surface area contributed by atoms with Crippen molar-refractivity contribution in [2.45, 2.75) is 20.3 Å². The molecule has 3 aromatic rings. The maximum atomic E-state index is 12.2. The molecule has 0 saturated carbocycles. The van der Waals surface area contributed by atoms with Crippen molar-refractivity contribution in [3.05, 3.63) is 77.5 Å². The zero-order valence-corrected chi connectivity index (χ0v) is 17.6. The molecule has 0 aliphatic rings. The number of ether oxygens (including phenoxy) is 2. The van der Waals surface area contributed by atoms with Gasteiger partial charge in [0.25, 0.3) is 5.91 Å². The molecule has 6 nitrogen and oxygen atoms in total.